The average Bonchev–Trinajstić information content (AvgIpc) is 3.59. The molecule has 2 aromatic carbocycles. The third kappa shape index (κ3) is 4.12. The number of imidazole rings is 1. The zero-order valence-corrected chi connectivity index (χ0v) is 20.0. The van der Waals surface area contributed by atoms with Crippen molar-refractivity contribution in [2.75, 3.05) is 30.4 Å². The molecule has 8 heteroatoms. The van der Waals surface area contributed by atoms with Crippen LogP contribution in [-0.2, 0) is 0 Å². The van der Waals surface area contributed by atoms with Gasteiger partial charge in [0.2, 0.25) is 0 Å². The number of aliphatic imine (C=N–C) groups is 2. The van der Waals surface area contributed by atoms with Gasteiger partial charge in [-0.2, -0.15) is 0 Å². The van der Waals surface area contributed by atoms with Crippen molar-refractivity contribution >= 4 is 34.8 Å². The second kappa shape index (κ2) is 9.58. The maximum atomic E-state index is 14.1. The number of nitrogens with zero attached hydrogens (tertiary/aromatic N) is 5. The molecule has 2 N–H and O–H groups in total. The maximum Gasteiger partial charge on any atom is 0.265 e. The molecule has 8 nitrogen and oxygen atoms in total. The van der Waals surface area contributed by atoms with E-state index in [0.717, 1.165) is 53.8 Å². The summed E-state index contributed by atoms with van der Waals surface area (Å²) in [4.78, 5) is 32.8. The highest BCUT2D eigenvalue weighted by molar-refractivity contribution is 6.03. The number of hydrogen-bond acceptors (Lipinski definition) is 5. The number of H-pyrrole nitrogens is 1. The van der Waals surface area contributed by atoms with Gasteiger partial charge in [-0.25, -0.2) is 9.98 Å². The highest BCUT2D eigenvalue weighted by Gasteiger charge is 2.22. The first-order valence-electron chi connectivity index (χ1n) is 11.9. The molecule has 0 radical (unpaired) electrons. The number of hydrogen-bond donors (Lipinski definition) is 2. The molecule has 1 fully saturated rings. The number of aromatic amines is 1. The first kappa shape index (κ1) is 22.6. The van der Waals surface area contributed by atoms with Gasteiger partial charge in [-0.1, -0.05) is 30.3 Å². The normalized spacial score (nSPS) is 14.9. The fraction of sp³-hybridized carbons (Fsp3) is 0.259. The molecular weight excluding hydrogens is 438 g/mol. The minimum Gasteiger partial charge on any atom is -0.371 e. The molecule has 0 saturated carbocycles. The van der Waals surface area contributed by atoms with Gasteiger partial charge >= 0.3 is 0 Å². The van der Waals surface area contributed by atoms with E-state index in [1.54, 1.807) is 17.9 Å². The van der Waals surface area contributed by atoms with Gasteiger partial charge in [-0.05, 0) is 56.1 Å². The zero-order chi connectivity index (χ0) is 24.4. The highest BCUT2D eigenvalue weighted by atomic mass is 16.1. The molecule has 4 aromatic rings. The van der Waals surface area contributed by atoms with E-state index in [1.807, 2.05) is 49.4 Å². The Morgan fingerprint density at radius 3 is 2.63 bits per heavy atom. The van der Waals surface area contributed by atoms with Crippen LogP contribution >= 0.6 is 0 Å². The predicted octanol–water partition coefficient (Wildman–Crippen LogP) is 4.56. The summed E-state index contributed by atoms with van der Waals surface area (Å²) in [6, 6.07) is 17.5. The molecule has 178 valence electrons. The van der Waals surface area contributed by atoms with E-state index >= 15 is 0 Å². The number of anilines is 2. The van der Waals surface area contributed by atoms with Crippen molar-refractivity contribution in [3.05, 3.63) is 82.7 Å². The van der Waals surface area contributed by atoms with Crippen molar-refractivity contribution in [1.82, 2.24) is 14.5 Å². The van der Waals surface area contributed by atoms with E-state index in [2.05, 4.69) is 44.0 Å². The summed E-state index contributed by atoms with van der Waals surface area (Å²) >= 11 is 0. The first-order chi connectivity index (χ1) is 17.1. The van der Waals surface area contributed by atoms with Crippen LogP contribution in [-0.4, -0.2) is 47.2 Å². The van der Waals surface area contributed by atoms with Crippen molar-refractivity contribution in [2.45, 2.75) is 25.8 Å². The third-order valence-electron chi connectivity index (χ3n) is 6.51. The fourth-order valence-corrected chi connectivity index (χ4v) is 4.82. The second-order valence-electron chi connectivity index (χ2n) is 8.64. The van der Waals surface area contributed by atoms with Gasteiger partial charge in [0.25, 0.3) is 5.56 Å². The van der Waals surface area contributed by atoms with Crippen LogP contribution in [0.2, 0.25) is 0 Å². The molecule has 0 spiro atoms. The van der Waals surface area contributed by atoms with Gasteiger partial charge in [0.15, 0.2) is 11.7 Å². The van der Waals surface area contributed by atoms with Gasteiger partial charge in [0.05, 0.1) is 29.1 Å². The van der Waals surface area contributed by atoms with Crippen LogP contribution in [0.15, 0.2) is 75.7 Å². The minimum absolute atomic E-state index is 0.0428. The van der Waals surface area contributed by atoms with Crippen LogP contribution in [0.25, 0.3) is 16.5 Å². The van der Waals surface area contributed by atoms with Crippen LogP contribution in [0.3, 0.4) is 0 Å². The number of nitrogens with one attached hydrogen (secondary N) is 2. The molecule has 35 heavy (non-hydrogen) atoms. The van der Waals surface area contributed by atoms with E-state index in [1.165, 1.54) is 0 Å². The molecule has 1 saturated heterocycles. The van der Waals surface area contributed by atoms with Gasteiger partial charge in [-0.15, -0.1) is 0 Å². The Labute approximate surface area is 204 Å². The lowest BCUT2D eigenvalue weighted by Gasteiger charge is -2.22. The summed E-state index contributed by atoms with van der Waals surface area (Å²) in [5.41, 5.74) is 3.19. The largest absolute Gasteiger partial charge is 0.371 e. The molecule has 1 atom stereocenters. The molecule has 3 heterocycles. The average molecular weight is 468 g/mol. The number of para-hydroxylation sites is 1. The summed E-state index contributed by atoms with van der Waals surface area (Å²) < 4.78 is 1.78. The molecule has 0 amide bonds. The lowest BCUT2D eigenvalue weighted by Crippen LogP contribution is -2.26. The molecule has 1 aliphatic rings. The minimum atomic E-state index is -0.378. The number of fused-ring (bicyclic) bond motifs is 1. The van der Waals surface area contributed by atoms with E-state index < -0.39 is 0 Å². The third-order valence-corrected chi connectivity index (χ3v) is 6.51. The second-order valence-corrected chi connectivity index (χ2v) is 8.64. The number of aromatic nitrogens is 3. The first-order valence-corrected chi connectivity index (χ1v) is 11.9. The lowest BCUT2D eigenvalue weighted by molar-refractivity contribution is 0.735. The Morgan fingerprint density at radius 1 is 1.14 bits per heavy atom. The van der Waals surface area contributed by atoms with E-state index in [0.29, 0.717) is 17.3 Å². The molecule has 0 bridgehead atoms. The summed E-state index contributed by atoms with van der Waals surface area (Å²) in [5.74, 6) is 1.06. The Morgan fingerprint density at radius 2 is 1.91 bits per heavy atom. The fourth-order valence-electron chi connectivity index (χ4n) is 4.82. The Bertz CT molecular complexity index is 1450. The maximum absolute atomic E-state index is 14.1. The number of pyridine rings is 1. The van der Waals surface area contributed by atoms with E-state index in [9.17, 15) is 4.79 Å². The summed E-state index contributed by atoms with van der Waals surface area (Å²) in [7, 11) is 1.79. The van der Waals surface area contributed by atoms with Crippen LogP contribution in [0.1, 0.15) is 37.2 Å². The van der Waals surface area contributed by atoms with Crippen molar-refractivity contribution < 1.29 is 0 Å². The van der Waals surface area contributed by atoms with Crippen LogP contribution < -0.4 is 15.8 Å². The standard InChI is InChI=1S/C27H29N7O/c1-18(32-26(29-3)24-25(28-2)31-17-30-24)22-16-19-10-9-13-21(33-14-7-8-15-33)23(19)27(35)34(22)20-11-5-4-6-12-20/h4-6,9-13,16-18,28H,3,7-8,14-15H2,1-2H3,(H,30,31)/t18-/m0/s1. The van der Waals surface area contributed by atoms with Gasteiger partial charge in [0, 0.05) is 25.8 Å². The molecule has 1 aliphatic heterocycles. The Balaban J connectivity index is 1.73. The molecule has 0 aliphatic carbocycles. The van der Waals surface area contributed by atoms with Crippen molar-refractivity contribution in [1.29, 1.82) is 0 Å². The summed E-state index contributed by atoms with van der Waals surface area (Å²) in [5, 5.41) is 4.69. The van der Waals surface area contributed by atoms with Gasteiger partial charge in [0.1, 0.15) is 5.69 Å². The Hall–Kier alpha value is -4.20. The van der Waals surface area contributed by atoms with Crippen LogP contribution in [0, 0.1) is 0 Å². The smallest absolute Gasteiger partial charge is 0.265 e. The van der Waals surface area contributed by atoms with E-state index in [-0.39, 0.29) is 11.6 Å². The summed E-state index contributed by atoms with van der Waals surface area (Å²) in [6.45, 7) is 7.62. The van der Waals surface area contributed by atoms with Gasteiger partial charge in [-0.3, -0.25) is 14.4 Å². The molecule has 5 rings (SSSR count). The predicted molar refractivity (Wildman–Crippen MR) is 144 cm³/mol. The SMILES string of the molecule is C=NC(=N[C@@H](C)c1cc2cccc(N3CCCC3)c2c(=O)n1-c1ccccc1)c1[nH]cnc1NC. The molecule has 2 aromatic heterocycles. The topological polar surface area (TPSA) is 90.7 Å². The van der Waals surface area contributed by atoms with Crippen molar-refractivity contribution in [3.8, 4) is 5.69 Å². The number of benzene rings is 2. The van der Waals surface area contributed by atoms with Crippen LogP contribution in [0.5, 0.6) is 0 Å². The van der Waals surface area contributed by atoms with Gasteiger partial charge < -0.3 is 15.2 Å². The monoisotopic (exact) mass is 467 g/mol. The highest BCUT2D eigenvalue weighted by Crippen LogP contribution is 2.31. The zero-order valence-electron chi connectivity index (χ0n) is 20.0. The summed E-state index contributed by atoms with van der Waals surface area (Å²) in [6.07, 6.45) is 3.88. The van der Waals surface area contributed by atoms with E-state index in [4.69, 9.17) is 4.99 Å². The van der Waals surface area contributed by atoms with Crippen LogP contribution in [0.4, 0.5) is 11.5 Å². The Kier molecular flexibility index (Phi) is 6.18. The molecule has 0 unspecified atom stereocenters. The lowest BCUT2D eigenvalue weighted by atomic mass is 10.1. The van der Waals surface area contributed by atoms with Crippen molar-refractivity contribution in [2.24, 2.45) is 9.98 Å². The quantitative estimate of drug-likeness (QED) is 0.321. The number of rotatable bonds is 6. The van der Waals surface area contributed by atoms with Crippen molar-refractivity contribution in [3.63, 3.8) is 0 Å². The number of amidine groups is 1. The molecular formula is C27H29N7O.